The van der Waals surface area contributed by atoms with Crippen molar-refractivity contribution < 1.29 is 5.11 Å². The van der Waals surface area contributed by atoms with E-state index < -0.39 is 0 Å². The van der Waals surface area contributed by atoms with E-state index in [1.165, 1.54) is 19.3 Å². The fraction of sp³-hybridized carbons (Fsp3) is 1.00. The summed E-state index contributed by atoms with van der Waals surface area (Å²) in [5, 5.41) is 9.92. The zero-order valence-corrected chi connectivity index (χ0v) is 7.72. The molecule has 0 amide bonds. The summed E-state index contributed by atoms with van der Waals surface area (Å²) >= 11 is 0. The Hall–Kier alpha value is -0.0400. The molecule has 0 aromatic carbocycles. The van der Waals surface area contributed by atoms with E-state index in [1.54, 1.807) is 0 Å². The Kier molecular flexibility index (Phi) is 1.26. The van der Waals surface area contributed by atoms with Gasteiger partial charge in [0.25, 0.3) is 0 Å². The molecule has 0 aromatic rings. The normalized spacial score (nSPS) is 53.5. The fourth-order valence-electron chi connectivity index (χ4n) is 3.46. The van der Waals surface area contributed by atoms with Crippen molar-refractivity contribution in [3.63, 3.8) is 0 Å². The van der Waals surface area contributed by atoms with Crippen molar-refractivity contribution >= 4 is 0 Å². The highest BCUT2D eigenvalue weighted by Crippen LogP contribution is 2.62. The number of hydrogen-bond acceptors (Lipinski definition) is 1. The second-order valence-corrected chi connectivity index (χ2v) is 5.41. The molecule has 1 heteroatoms. The molecule has 0 aliphatic heterocycles. The number of aliphatic hydroxyl groups excluding tert-OH is 1. The summed E-state index contributed by atoms with van der Waals surface area (Å²) in [6.45, 7) is 6.84. The van der Waals surface area contributed by atoms with Crippen LogP contribution in [0.15, 0.2) is 0 Å². The molecule has 2 rings (SSSR count). The van der Waals surface area contributed by atoms with Crippen molar-refractivity contribution in [1.29, 1.82) is 0 Å². The minimum atomic E-state index is -0.0162. The van der Waals surface area contributed by atoms with Gasteiger partial charge in [-0.15, -0.1) is 0 Å². The third-order valence-electron chi connectivity index (χ3n) is 3.98. The second-order valence-electron chi connectivity index (χ2n) is 5.41. The van der Waals surface area contributed by atoms with Crippen LogP contribution >= 0.6 is 0 Å². The Balaban J connectivity index is 2.33. The lowest BCUT2D eigenvalue weighted by Crippen LogP contribution is -2.22. The number of rotatable bonds is 0. The molecule has 0 saturated heterocycles. The molecule has 11 heavy (non-hydrogen) atoms. The van der Waals surface area contributed by atoms with Crippen LogP contribution in [0.2, 0.25) is 0 Å². The quantitative estimate of drug-likeness (QED) is 0.567. The lowest BCUT2D eigenvalue weighted by molar-refractivity contribution is 0.0716. The van der Waals surface area contributed by atoms with Crippen LogP contribution in [0.1, 0.15) is 40.0 Å². The maximum absolute atomic E-state index is 9.92. The molecule has 2 aliphatic rings. The van der Waals surface area contributed by atoms with E-state index in [0.717, 1.165) is 0 Å². The first-order valence-corrected chi connectivity index (χ1v) is 4.64. The first-order chi connectivity index (χ1) is 4.96. The lowest BCUT2D eigenvalue weighted by Gasteiger charge is -2.31. The van der Waals surface area contributed by atoms with Gasteiger partial charge in [0.05, 0.1) is 6.10 Å². The molecule has 0 heterocycles. The smallest absolute Gasteiger partial charge is 0.0627 e. The van der Waals surface area contributed by atoms with Gasteiger partial charge < -0.3 is 5.11 Å². The molecule has 2 bridgehead atoms. The zero-order chi connectivity index (χ0) is 8.28. The van der Waals surface area contributed by atoms with Gasteiger partial charge in [-0.1, -0.05) is 20.8 Å². The number of hydrogen-bond donors (Lipinski definition) is 1. The lowest BCUT2D eigenvalue weighted by atomic mass is 9.73. The van der Waals surface area contributed by atoms with Gasteiger partial charge in [-0.25, -0.2) is 0 Å². The van der Waals surface area contributed by atoms with Crippen LogP contribution in [0, 0.1) is 16.7 Å². The van der Waals surface area contributed by atoms with E-state index >= 15 is 0 Å². The van der Waals surface area contributed by atoms with Crippen LogP contribution in [0.3, 0.4) is 0 Å². The minimum absolute atomic E-state index is 0.0162. The third-order valence-corrected chi connectivity index (χ3v) is 3.98. The van der Waals surface area contributed by atoms with Crippen molar-refractivity contribution in [2.75, 3.05) is 0 Å². The standard InChI is InChI=1S/C10H18O/c1-9(2)6-10(3)5-4-7(9)8(10)11/h7-8,11H,4-6H2,1-3H3/t7?,8-,10-/m1/s1. The van der Waals surface area contributed by atoms with Gasteiger partial charge in [-0.05, 0) is 36.0 Å². The summed E-state index contributed by atoms with van der Waals surface area (Å²) in [6.07, 6.45) is 3.68. The largest absolute Gasteiger partial charge is 0.392 e. The van der Waals surface area contributed by atoms with Gasteiger partial charge in [-0.2, -0.15) is 0 Å². The van der Waals surface area contributed by atoms with E-state index in [0.29, 0.717) is 11.3 Å². The van der Waals surface area contributed by atoms with Crippen LogP contribution in [0.5, 0.6) is 0 Å². The van der Waals surface area contributed by atoms with Crippen molar-refractivity contribution in [1.82, 2.24) is 0 Å². The molecular weight excluding hydrogens is 136 g/mol. The Morgan fingerprint density at radius 3 is 2.09 bits per heavy atom. The predicted octanol–water partition coefficient (Wildman–Crippen LogP) is 2.19. The topological polar surface area (TPSA) is 20.2 Å². The monoisotopic (exact) mass is 154 g/mol. The SMILES string of the molecule is CC1(C)C[C@@]2(C)CCC1[C@H]2O. The first kappa shape index (κ1) is 7.60. The summed E-state index contributed by atoms with van der Waals surface area (Å²) in [5.74, 6) is 0.576. The molecule has 2 saturated carbocycles. The molecular formula is C10H18O. The average Bonchev–Trinajstić information content (AvgIpc) is 2.15. The fourth-order valence-corrected chi connectivity index (χ4v) is 3.46. The Bertz CT molecular complexity index is 185. The van der Waals surface area contributed by atoms with E-state index in [2.05, 4.69) is 20.8 Å². The van der Waals surface area contributed by atoms with Crippen molar-refractivity contribution in [2.24, 2.45) is 16.7 Å². The van der Waals surface area contributed by atoms with Gasteiger partial charge >= 0.3 is 0 Å². The predicted molar refractivity (Wildman–Crippen MR) is 45.2 cm³/mol. The zero-order valence-electron chi connectivity index (χ0n) is 7.72. The summed E-state index contributed by atoms with van der Waals surface area (Å²) in [4.78, 5) is 0. The highest BCUT2D eigenvalue weighted by molar-refractivity contribution is 5.08. The maximum atomic E-state index is 9.92. The van der Waals surface area contributed by atoms with Gasteiger partial charge in [0.15, 0.2) is 0 Å². The Morgan fingerprint density at radius 1 is 1.27 bits per heavy atom. The van der Waals surface area contributed by atoms with Gasteiger partial charge in [0.1, 0.15) is 0 Å². The molecule has 1 N–H and O–H groups in total. The summed E-state index contributed by atoms with van der Waals surface area (Å²) in [5.41, 5.74) is 0.653. The molecule has 2 aliphatic carbocycles. The molecule has 0 aromatic heterocycles. The van der Waals surface area contributed by atoms with Crippen molar-refractivity contribution in [3.8, 4) is 0 Å². The molecule has 0 spiro atoms. The van der Waals surface area contributed by atoms with Crippen molar-refractivity contribution in [3.05, 3.63) is 0 Å². The Labute approximate surface area is 68.8 Å². The molecule has 0 radical (unpaired) electrons. The van der Waals surface area contributed by atoms with Crippen molar-refractivity contribution in [2.45, 2.75) is 46.1 Å². The molecule has 64 valence electrons. The Morgan fingerprint density at radius 2 is 1.91 bits per heavy atom. The van der Waals surface area contributed by atoms with E-state index in [1.807, 2.05) is 0 Å². The van der Waals surface area contributed by atoms with Crippen LogP contribution in [0.25, 0.3) is 0 Å². The molecule has 3 atom stereocenters. The van der Waals surface area contributed by atoms with Gasteiger partial charge in [0, 0.05) is 0 Å². The average molecular weight is 154 g/mol. The van der Waals surface area contributed by atoms with Gasteiger partial charge in [-0.3, -0.25) is 0 Å². The first-order valence-electron chi connectivity index (χ1n) is 4.64. The molecule has 2 fully saturated rings. The van der Waals surface area contributed by atoms with Crippen LogP contribution in [-0.4, -0.2) is 11.2 Å². The van der Waals surface area contributed by atoms with E-state index in [4.69, 9.17) is 0 Å². The van der Waals surface area contributed by atoms with Crippen LogP contribution < -0.4 is 0 Å². The summed E-state index contributed by atoms with van der Waals surface area (Å²) in [6, 6.07) is 0. The maximum Gasteiger partial charge on any atom is 0.0627 e. The highest BCUT2D eigenvalue weighted by Gasteiger charge is 2.58. The molecule has 1 unspecified atom stereocenters. The minimum Gasteiger partial charge on any atom is -0.392 e. The molecule has 1 nitrogen and oxygen atoms in total. The number of fused-ring (bicyclic) bond motifs is 2. The van der Waals surface area contributed by atoms with E-state index in [9.17, 15) is 5.11 Å². The van der Waals surface area contributed by atoms with E-state index in [-0.39, 0.29) is 11.5 Å². The second kappa shape index (κ2) is 1.82. The van der Waals surface area contributed by atoms with Gasteiger partial charge in [0.2, 0.25) is 0 Å². The third kappa shape index (κ3) is 0.807. The summed E-state index contributed by atoms with van der Waals surface area (Å²) in [7, 11) is 0. The van der Waals surface area contributed by atoms with Crippen LogP contribution in [0.4, 0.5) is 0 Å². The van der Waals surface area contributed by atoms with Crippen LogP contribution in [-0.2, 0) is 0 Å². The highest BCUT2D eigenvalue weighted by atomic mass is 16.3. The number of aliphatic hydroxyl groups is 1. The summed E-state index contributed by atoms with van der Waals surface area (Å²) < 4.78 is 0.